The van der Waals surface area contributed by atoms with E-state index in [9.17, 15) is 13.2 Å². The van der Waals surface area contributed by atoms with Gasteiger partial charge in [-0.3, -0.25) is 0 Å². The van der Waals surface area contributed by atoms with E-state index >= 15 is 0 Å². The highest BCUT2D eigenvalue weighted by Crippen LogP contribution is 2.19. The van der Waals surface area contributed by atoms with Crippen LogP contribution in [0.1, 0.15) is 31.9 Å². The fourth-order valence-corrected chi connectivity index (χ4v) is 1.46. The van der Waals surface area contributed by atoms with Gasteiger partial charge in [0.15, 0.2) is 0 Å². The van der Waals surface area contributed by atoms with Crippen molar-refractivity contribution in [3.8, 4) is 5.75 Å². The summed E-state index contributed by atoms with van der Waals surface area (Å²) in [6, 6.07) is 6.76. The van der Waals surface area contributed by atoms with Crippen molar-refractivity contribution in [3.63, 3.8) is 0 Å². The van der Waals surface area contributed by atoms with Gasteiger partial charge in [0.25, 0.3) is 0 Å². The fraction of sp³-hybridized carbons (Fsp3) is 0.538. The SMILES string of the molecule is CCCOc1ccc(C(C)NCC(F)(F)F)cc1. The quantitative estimate of drug-likeness (QED) is 0.843. The van der Waals surface area contributed by atoms with Crippen molar-refractivity contribution in [2.24, 2.45) is 0 Å². The molecule has 5 heteroatoms. The average Bonchev–Trinajstić information content (AvgIpc) is 2.33. The number of hydrogen-bond acceptors (Lipinski definition) is 2. The number of hydrogen-bond donors (Lipinski definition) is 1. The highest BCUT2D eigenvalue weighted by Gasteiger charge is 2.27. The molecule has 2 nitrogen and oxygen atoms in total. The van der Waals surface area contributed by atoms with Gasteiger partial charge in [0, 0.05) is 6.04 Å². The largest absolute Gasteiger partial charge is 0.494 e. The third-order valence-electron chi connectivity index (χ3n) is 2.46. The Bertz CT molecular complexity index is 348. The van der Waals surface area contributed by atoms with Crippen LogP contribution in [0.2, 0.25) is 0 Å². The summed E-state index contributed by atoms with van der Waals surface area (Å²) < 4.78 is 41.6. The van der Waals surface area contributed by atoms with Crippen molar-refractivity contribution in [1.29, 1.82) is 0 Å². The number of benzene rings is 1. The molecule has 0 aromatic heterocycles. The molecule has 0 radical (unpaired) electrons. The van der Waals surface area contributed by atoms with E-state index in [1.54, 1.807) is 31.2 Å². The van der Waals surface area contributed by atoms with Gasteiger partial charge in [0.1, 0.15) is 5.75 Å². The third-order valence-corrected chi connectivity index (χ3v) is 2.46. The Balaban J connectivity index is 2.51. The number of ether oxygens (including phenoxy) is 1. The molecule has 0 heterocycles. The summed E-state index contributed by atoms with van der Waals surface area (Å²) in [5.74, 6) is 0.739. The van der Waals surface area contributed by atoms with Gasteiger partial charge in [-0.2, -0.15) is 13.2 Å². The minimum absolute atomic E-state index is 0.341. The van der Waals surface area contributed by atoms with Gasteiger partial charge < -0.3 is 10.1 Å². The molecule has 102 valence electrons. The lowest BCUT2D eigenvalue weighted by Crippen LogP contribution is -2.30. The number of rotatable bonds is 6. The summed E-state index contributed by atoms with van der Waals surface area (Å²) in [4.78, 5) is 0. The molecule has 0 aliphatic carbocycles. The lowest BCUT2D eigenvalue weighted by atomic mass is 10.1. The van der Waals surface area contributed by atoms with Gasteiger partial charge in [-0.05, 0) is 31.0 Å². The summed E-state index contributed by atoms with van der Waals surface area (Å²) in [7, 11) is 0. The molecule has 1 aromatic rings. The van der Waals surface area contributed by atoms with Crippen molar-refractivity contribution in [1.82, 2.24) is 5.32 Å². The molecular formula is C13H18F3NO. The molecule has 0 spiro atoms. The second-order valence-electron chi connectivity index (χ2n) is 4.14. The van der Waals surface area contributed by atoms with Crippen LogP contribution < -0.4 is 10.1 Å². The maximum Gasteiger partial charge on any atom is 0.401 e. The standard InChI is InChI=1S/C13H18F3NO/c1-3-8-18-12-6-4-11(5-7-12)10(2)17-9-13(14,15)16/h4-7,10,17H,3,8-9H2,1-2H3. The van der Waals surface area contributed by atoms with E-state index in [0.29, 0.717) is 6.61 Å². The van der Waals surface area contributed by atoms with Crippen LogP contribution in [-0.2, 0) is 0 Å². The van der Waals surface area contributed by atoms with Crippen LogP contribution in [0.4, 0.5) is 13.2 Å². The predicted octanol–water partition coefficient (Wildman–Crippen LogP) is 3.69. The normalized spacial score (nSPS) is 13.4. The molecule has 1 rings (SSSR count). The maximum absolute atomic E-state index is 12.1. The van der Waals surface area contributed by atoms with E-state index in [1.807, 2.05) is 6.92 Å². The average molecular weight is 261 g/mol. The Kier molecular flexibility index (Phi) is 5.47. The van der Waals surface area contributed by atoms with E-state index in [1.165, 1.54) is 0 Å². The lowest BCUT2D eigenvalue weighted by Gasteiger charge is -2.16. The minimum atomic E-state index is -4.18. The zero-order valence-electron chi connectivity index (χ0n) is 10.6. The van der Waals surface area contributed by atoms with Gasteiger partial charge in [-0.25, -0.2) is 0 Å². The Morgan fingerprint density at radius 2 is 1.83 bits per heavy atom. The van der Waals surface area contributed by atoms with Gasteiger partial charge >= 0.3 is 6.18 Å². The monoisotopic (exact) mass is 261 g/mol. The first-order valence-corrected chi connectivity index (χ1v) is 5.95. The molecule has 1 N–H and O–H groups in total. The molecule has 18 heavy (non-hydrogen) atoms. The predicted molar refractivity (Wildman–Crippen MR) is 64.7 cm³/mol. The van der Waals surface area contributed by atoms with E-state index in [2.05, 4.69) is 5.32 Å². The third kappa shape index (κ3) is 5.40. The summed E-state index contributed by atoms with van der Waals surface area (Å²) in [6.07, 6.45) is -3.26. The zero-order chi connectivity index (χ0) is 13.6. The number of halogens is 3. The molecule has 0 saturated heterocycles. The summed E-state index contributed by atoms with van der Waals surface area (Å²) in [6.45, 7) is 3.37. The molecule has 0 bridgehead atoms. The minimum Gasteiger partial charge on any atom is -0.494 e. The van der Waals surface area contributed by atoms with Gasteiger partial charge in [-0.1, -0.05) is 19.1 Å². The van der Waals surface area contributed by atoms with Crippen molar-refractivity contribution >= 4 is 0 Å². The van der Waals surface area contributed by atoms with E-state index in [4.69, 9.17) is 4.74 Å². The van der Waals surface area contributed by atoms with Crippen LogP contribution in [0.25, 0.3) is 0 Å². The molecule has 1 unspecified atom stereocenters. The van der Waals surface area contributed by atoms with Gasteiger partial charge in [0.05, 0.1) is 13.2 Å². The molecule has 1 aromatic carbocycles. The van der Waals surface area contributed by atoms with Crippen molar-refractivity contribution in [2.45, 2.75) is 32.5 Å². The second-order valence-corrected chi connectivity index (χ2v) is 4.14. The van der Waals surface area contributed by atoms with Gasteiger partial charge in [-0.15, -0.1) is 0 Å². The lowest BCUT2D eigenvalue weighted by molar-refractivity contribution is -0.126. The highest BCUT2D eigenvalue weighted by atomic mass is 19.4. The molecule has 0 amide bonds. The molecule has 0 saturated carbocycles. The summed E-state index contributed by atoms with van der Waals surface area (Å²) in [5, 5.41) is 2.44. The van der Waals surface area contributed by atoms with Crippen LogP contribution >= 0.6 is 0 Å². The second kappa shape index (κ2) is 6.64. The smallest absolute Gasteiger partial charge is 0.401 e. The van der Waals surface area contributed by atoms with Crippen molar-refractivity contribution in [3.05, 3.63) is 29.8 Å². The van der Waals surface area contributed by atoms with Crippen LogP contribution in [0, 0.1) is 0 Å². The van der Waals surface area contributed by atoms with Crippen molar-refractivity contribution < 1.29 is 17.9 Å². The Morgan fingerprint density at radius 3 is 2.33 bits per heavy atom. The van der Waals surface area contributed by atoms with E-state index < -0.39 is 12.7 Å². The molecular weight excluding hydrogens is 243 g/mol. The molecule has 1 atom stereocenters. The number of alkyl halides is 3. The maximum atomic E-state index is 12.1. The highest BCUT2D eigenvalue weighted by molar-refractivity contribution is 5.28. The first kappa shape index (κ1) is 14.8. The van der Waals surface area contributed by atoms with E-state index in [-0.39, 0.29) is 6.04 Å². The summed E-state index contributed by atoms with van der Waals surface area (Å²) in [5.41, 5.74) is 0.808. The Labute approximate surface area is 105 Å². The summed E-state index contributed by atoms with van der Waals surface area (Å²) >= 11 is 0. The van der Waals surface area contributed by atoms with Gasteiger partial charge in [0.2, 0.25) is 0 Å². The van der Waals surface area contributed by atoms with Crippen LogP contribution in [0.3, 0.4) is 0 Å². The first-order chi connectivity index (χ1) is 8.42. The fourth-order valence-electron chi connectivity index (χ4n) is 1.46. The van der Waals surface area contributed by atoms with Crippen LogP contribution in [0.5, 0.6) is 5.75 Å². The van der Waals surface area contributed by atoms with Crippen molar-refractivity contribution in [2.75, 3.05) is 13.2 Å². The first-order valence-electron chi connectivity index (χ1n) is 5.95. The zero-order valence-corrected chi connectivity index (χ0v) is 10.6. The molecule has 0 aliphatic heterocycles. The topological polar surface area (TPSA) is 21.3 Å². The Hall–Kier alpha value is -1.23. The van der Waals surface area contributed by atoms with Crippen LogP contribution in [0.15, 0.2) is 24.3 Å². The molecule has 0 fully saturated rings. The number of nitrogens with one attached hydrogen (secondary N) is 1. The van der Waals surface area contributed by atoms with E-state index in [0.717, 1.165) is 17.7 Å². The Morgan fingerprint density at radius 1 is 1.22 bits per heavy atom. The van der Waals surface area contributed by atoms with Crippen LogP contribution in [-0.4, -0.2) is 19.3 Å². The molecule has 0 aliphatic rings.